The minimum absolute atomic E-state index is 0.151. The standard InChI is InChI=1S/C36H30N2O6S/c39-36(40)30-9-5-4-8-29(30)35-31-16-12-26(37-20-18-24-6-2-1-3-7-24)22-33(31)44-34-23-27(13-17-32(34)35)38-21-19-25-10-14-28(15-11-25)45(41,42)43/h1-17,22-23,37H,18-21H2,(H,39,40)(H,41,42,43). The molecule has 0 radical (unpaired) electrons. The number of carbonyl (C=O) groups is 1. The van der Waals surface area contributed by atoms with Crippen molar-refractivity contribution in [3.05, 3.63) is 137 Å². The van der Waals surface area contributed by atoms with Gasteiger partial charge in [-0.15, -0.1) is 0 Å². The highest BCUT2D eigenvalue weighted by Crippen LogP contribution is 2.41. The average Bonchev–Trinajstić information content (AvgIpc) is 3.04. The first-order valence-corrected chi connectivity index (χ1v) is 15.9. The summed E-state index contributed by atoms with van der Waals surface area (Å²) in [4.78, 5) is 16.8. The van der Waals surface area contributed by atoms with Crippen LogP contribution in [0.1, 0.15) is 21.5 Å². The maximum atomic E-state index is 12.2. The van der Waals surface area contributed by atoms with Crippen LogP contribution in [-0.2, 0) is 23.0 Å². The number of benzene rings is 5. The van der Waals surface area contributed by atoms with Crippen LogP contribution in [0.3, 0.4) is 0 Å². The van der Waals surface area contributed by atoms with Gasteiger partial charge in [0.05, 0.1) is 15.8 Å². The largest absolute Gasteiger partial charge is 0.478 e. The molecule has 9 heteroatoms. The summed E-state index contributed by atoms with van der Waals surface area (Å²) in [5.74, 6) is -0.444. The van der Waals surface area contributed by atoms with Crippen molar-refractivity contribution >= 4 is 32.7 Å². The van der Waals surface area contributed by atoms with E-state index in [1.807, 2.05) is 66.7 Å². The van der Waals surface area contributed by atoms with E-state index in [-0.39, 0.29) is 10.5 Å². The van der Waals surface area contributed by atoms with Gasteiger partial charge in [-0.05, 0) is 72.0 Å². The Morgan fingerprint density at radius 2 is 1.51 bits per heavy atom. The van der Waals surface area contributed by atoms with Crippen molar-refractivity contribution in [2.75, 3.05) is 18.4 Å². The number of nitrogens with zero attached hydrogens (tertiary/aromatic N) is 1. The van der Waals surface area contributed by atoms with Crippen molar-refractivity contribution in [1.82, 2.24) is 0 Å². The van der Waals surface area contributed by atoms with Crippen LogP contribution in [0.2, 0.25) is 0 Å². The van der Waals surface area contributed by atoms with Gasteiger partial charge in [0.1, 0.15) is 11.3 Å². The number of rotatable bonds is 10. The molecule has 4 aromatic carbocycles. The molecule has 0 saturated heterocycles. The second-order valence-electron chi connectivity index (χ2n) is 10.6. The van der Waals surface area contributed by atoms with Crippen LogP contribution in [0.5, 0.6) is 0 Å². The third-order valence-electron chi connectivity index (χ3n) is 7.63. The monoisotopic (exact) mass is 618 g/mol. The highest BCUT2D eigenvalue weighted by Gasteiger charge is 2.21. The lowest BCUT2D eigenvalue weighted by atomic mass is 9.90. The van der Waals surface area contributed by atoms with Gasteiger partial charge in [0.25, 0.3) is 10.1 Å². The predicted molar refractivity (Wildman–Crippen MR) is 174 cm³/mol. The predicted octanol–water partition coefficient (Wildman–Crippen LogP) is 6.95. The molecule has 0 bridgehead atoms. The topological polar surface area (TPSA) is 129 Å². The SMILES string of the molecule is O=C(O)c1ccccc1-c1c2ccc(=NCCc3ccc(S(=O)(=O)O)cc3)cc-2oc2cc(NCCc3ccccc3)ccc12. The molecule has 3 N–H and O–H groups in total. The molecule has 1 aliphatic heterocycles. The fourth-order valence-electron chi connectivity index (χ4n) is 5.40. The lowest BCUT2D eigenvalue weighted by Crippen LogP contribution is -2.07. The van der Waals surface area contributed by atoms with Gasteiger partial charge in [-0.2, -0.15) is 8.42 Å². The summed E-state index contributed by atoms with van der Waals surface area (Å²) in [5.41, 5.74) is 5.94. The fraction of sp³-hybridized carbons (Fsp3) is 0.111. The van der Waals surface area contributed by atoms with Crippen LogP contribution in [-0.4, -0.2) is 37.1 Å². The molecule has 226 valence electrons. The van der Waals surface area contributed by atoms with Gasteiger partial charge < -0.3 is 14.8 Å². The van der Waals surface area contributed by atoms with Gasteiger partial charge in [-0.25, -0.2) is 4.79 Å². The van der Waals surface area contributed by atoms with Crippen molar-refractivity contribution in [3.8, 4) is 22.5 Å². The highest BCUT2D eigenvalue weighted by molar-refractivity contribution is 7.85. The number of aromatic carboxylic acids is 1. The molecule has 1 heterocycles. The van der Waals surface area contributed by atoms with Crippen molar-refractivity contribution in [1.29, 1.82) is 0 Å². The van der Waals surface area contributed by atoms with Crippen LogP contribution in [0, 0.1) is 0 Å². The van der Waals surface area contributed by atoms with Crippen molar-refractivity contribution in [2.45, 2.75) is 17.7 Å². The lowest BCUT2D eigenvalue weighted by molar-refractivity contribution is 0.0697. The Hall–Kier alpha value is -5.25. The van der Waals surface area contributed by atoms with Gasteiger partial charge in [-0.1, -0.05) is 60.7 Å². The second-order valence-corrected chi connectivity index (χ2v) is 12.1. The van der Waals surface area contributed by atoms with E-state index >= 15 is 0 Å². The van der Waals surface area contributed by atoms with E-state index in [1.54, 1.807) is 24.3 Å². The minimum Gasteiger partial charge on any atom is -0.478 e. The molecule has 0 amide bonds. The first-order chi connectivity index (χ1) is 21.8. The van der Waals surface area contributed by atoms with Gasteiger partial charge >= 0.3 is 5.97 Å². The molecule has 0 spiro atoms. The Morgan fingerprint density at radius 3 is 2.27 bits per heavy atom. The quantitative estimate of drug-likeness (QED) is 0.112. The summed E-state index contributed by atoms with van der Waals surface area (Å²) in [7, 11) is -4.24. The first kappa shape index (κ1) is 29.8. The maximum Gasteiger partial charge on any atom is 0.336 e. The zero-order chi connectivity index (χ0) is 31.4. The molecule has 1 aliphatic carbocycles. The molecule has 0 saturated carbocycles. The average molecular weight is 619 g/mol. The fourth-order valence-corrected chi connectivity index (χ4v) is 5.88. The summed E-state index contributed by atoms with van der Waals surface area (Å²) in [5, 5.41) is 15.0. The molecule has 2 aliphatic rings. The molecule has 0 atom stereocenters. The molecule has 0 aromatic heterocycles. The summed E-state index contributed by atoms with van der Waals surface area (Å²) in [6, 6.07) is 34.7. The second kappa shape index (κ2) is 12.8. The Morgan fingerprint density at radius 1 is 0.778 bits per heavy atom. The van der Waals surface area contributed by atoms with E-state index in [2.05, 4.69) is 17.4 Å². The minimum atomic E-state index is -4.24. The number of hydrogen-bond donors (Lipinski definition) is 3. The number of hydrogen-bond acceptors (Lipinski definition) is 6. The molecular formula is C36H30N2O6S. The van der Waals surface area contributed by atoms with E-state index in [0.29, 0.717) is 35.2 Å². The molecule has 8 nitrogen and oxygen atoms in total. The van der Waals surface area contributed by atoms with Crippen LogP contribution in [0.25, 0.3) is 33.4 Å². The Kier molecular flexibility index (Phi) is 8.46. The molecule has 4 aromatic rings. The number of nitrogens with one attached hydrogen (secondary N) is 1. The lowest BCUT2D eigenvalue weighted by Gasteiger charge is -2.17. The third kappa shape index (κ3) is 6.80. The number of anilines is 1. The molecular weight excluding hydrogens is 588 g/mol. The Labute approximate surface area is 260 Å². The van der Waals surface area contributed by atoms with E-state index in [0.717, 1.165) is 40.7 Å². The number of carboxylic acid groups (broad SMARTS) is 1. The van der Waals surface area contributed by atoms with Crippen LogP contribution in [0.15, 0.2) is 130 Å². The maximum absolute atomic E-state index is 12.2. The van der Waals surface area contributed by atoms with Crippen molar-refractivity contribution < 1.29 is 27.3 Å². The molecule has 0 unspecified atom stereocenters. The Bertz CT molecular complexity index is 2140. The van der Waals surface area contributed by atoms with E-state index in [9.17, 15) is 22.9 Å². The molecule has 45 heavy (non-hydrogen) atoms. The van der Waals surface area contributed by atoms with Gasteiger partial charge in [0.15, 0.2) is 0 Å². The smallest absolute Gasteiger partial charge is 0.336 e. The first-order valence-electron chi connectivity index (χ1n) is 14.4. The van der Waals surface area contributed by atoms with Crippen molar-refractivity contribution in [2.24, 2.45) is 4.99 Å². The summed E-state index contributed by atoms with van der Waals surface area (Å²) >= 11 is 0. The normalized spacial score (nSPS) is 12.1. The van der Waals surface area contributed by atoms with Gasteiger partial charge in [0, 0.05) is 47.4 Å². The van der Waals surface area contributed by atoms with E-state index < -0.39 is 16.1 Å². The summed E-state index contributed by atoms with van der Waals surface area (Å²) < 4.78 is 38.3. The van der Waals surface area contributed by atoms with E-state index in [4.69, 9.17) is 9.41 Å². The van der Waals surface area contributed by atoms with Gasteiger partial charge in [-0.3, -0.25) is 9.55 Å². The third-order valence-corrected chi connectivity index (χ3v) is 8.50. The number of fused-ring (bicyclic) bond motifs is 2. The van der Waals surface area contributed by atoms with Crippen LogP contribution in [0.4, 0.5) is 5.69 Å². The Balaban J connectivity index is 1.36. The molecule has 0 fully saturated rings. The number of carboxylic acids is 1. The van der Waals surface area contributed by atoms with Crippen LogP contribution >= 0.6 is 0 Å². The zero-order valence-corrected chi connectivity index (χ0v) is 25.0. The van der Waals surface area contributed by atoms with Gasteiger partial charge in [0.2, 0.25) is 0 Å². The zero-order valence-electron chi connectivity index (χ0n) is 24.2. The summed E-state index contributed by atoms with van der Waals surface area (Å²) in [6.07, 6.45) is 1.43. The summed E-state index contributed by atoms with van der Waals surface area (Å²) in [6.45, 7) is 1.17. The highest BCUT2D eigenvalue weighted by atomic mass is 32.2. The van der Waals surface area contributed by atoms with Crippen molar-refractivity contribution in [3.63, 3.8) is 0 Å². The molecule has 6 rings (SSSR count). The van der Waals surface area contributed by atoms with E-state index in [1.165, 1.54) is 17.7 Å². The van der Waals surface area contributed by atoms with Crippen LogP contribution < -0.4 is 10.7 Å².